The molecule has 0 aromatic heterocycles. The zero-order valence-electron chi connectivity index (χ0n) is 13.6. The molecule has 0 bridgehead atoms. The summed E-state index contributed by atoms with van der Waals surface area (Å²) in [6, 6.07) is -0.106. The van der Waals surface area contributed by atoms with Gasteiger partial charge in [-0.2, -0.15) is 0 Å². The molecule has 1 aliphatic rings. The Kier molecular flexibility index (Phi) is 8.00. The Morgan fingerprint density at radius 3 is 2.71 bits per heavy atom. The van der Waals surface area contributed by atoms with Gasteiger partial charge in [0.1, 0.15) is 5.60 Å². The zero-order valence-corrected chi connectivity index (χ0v) is 13.6. The van der Waals surface area contributed by atoms with Crippen LogP contribution < -0.4 is 5.32 Å². The van der Waals surface area contributed by atoms with Crippen LogP contribution in [0.4, 0.5) is 4.79 Å². The van der Waals surface area contributed by atoms with Gasteiger partial charge in [-0.05, 0) is 47.0 Å². The summed E-state index contributed by atoms with van der Waals surface area (Å²) < 4.78 is 21.6. The summed E-state index contributed by atoms with van der Waals surface area (Å²) in [5, 5.41) is 2.73. The minimum absolute atomic E-state index is 0.0836. The Labute approximate surface area is 127 Å². The smallest absolute Gasteiger partial charge is 0.407 e. The third-order valence-electron chi connectivity index (χ3n) is 2.80. The number of rotatable bonds is 7. The maximum atomic E-state index is 11.5. The van der Waals surface area contributed by atoms with Crippen LogP contribution in [-0.2, 0) is 18.9 Å². The lowest BCUT2D eigenvalue weighted by Gasteiger charge is -2.23. The van der Waals surface area contributed by atoms with Gasteiger partial charge in [-0.15, -0.1) is 0 Å². The molecule has 2 unspecified atom stereocenters. The number of carbonyl (C=O) groups is 1. The third kappa shape index (κ3) is 9.66. The van der Waals surface area contributed by atoms with Crippen molar-refractivity contribution in [3.63, 3.8) is 0 Å². The Morgan fingerprint density at radius 2 is 2.10 bits per heavy atom. The summed E-state index contributed by atoms with van der Waals surface area (Å²) in [6.07, 6.45) is 2.72. The Morgan fingerprint density at radius 1 is 1.33 bits per heavy atom. The zero-order chi connectivity index (χ0) is 15.7. The fourth-order valence-electron chi connectivity index (χ4n) is 1.89. The van der Waals surface area contributed by atoms with Crippen LogP contribution in [0.2, 0.25) is 0 Å². The lowest BCUT2D eigenvalue weighted by Crippen LogP contribution is -2.40. The second-order valence-corrected chi connectivity index (χ2v) is 6.29. The van der Waals surface area contributed by atoms with Gasteiger partial charge in [-0.25, -0.2) is 4.79 Å². The van der Waals surface area contributed by atoms with Crippen molar-refractivity contribution in [1.82, 2.24) is 5.32 Å². The monoisotopic (exact) mass is 303 g/mol. The van der Waals surface area contributed by atoms with Gasteiger partial charge in [0.25, 0.3) is 0 Å². The molecule has 1 aliphatic heterocycles. The van der Waals surface area contributed by atoms with Crippen LogP contribution in [0.25, 0.3) is 0 Å². The van der Waals surface area contributed by atoms with E-state index < -0.39 is 11.7 Å². The highest BCUT2D eigenvalue weighted by Crippen LogP contribution is 2.13. The molecule has 2 atom stereocenters. The molecule has 0 saturated carbocycles. The molecule has 0 radical (unpaired) electrons. The van der Waals surface area contributed by atoms with E-state index in [4.69, 9.17) is 18.9 Å². The van der Waals surface area contributed by atoms with Crippen molar-refractivity contribution in [2.24, 2.45) is 0 Å². The first kappa shape index (κ1) is 18.2. The molecule has 0 spiro atoms. The summed E-state index contributed by atoms with van der Waals surface area (Å²) in [5.74, 6) is 0. The number of amides is 1. The van der Waals surface area contributed by atoms with Crippen LogP contribution in [-0.4, -0.2) is 50.5 Å². The molecule has 6 nitrogen and oxygen atoms in total. The van der Waals surface area contributed by atoms with E-state index in [1.165, 1.54) is 0 Å². The Balaban J connectivity index is 2.00. The molecule has 1 saturated heterocycles. The van der Waals surface area contributed by atoms with Gasteiger partial charge in [0.2, 0.25) is 0 Å². The van der Waals surface area contributed by atoms with Crippen LogP contribution >= 0.6 is 0 Å². The molecule has 124 valence electrons. The number of nitrogens with one attached hydrogen (secondary N) is 1. The number of hydrogen-bond acceptors (Lipinski definition) is 5. The first-order valence-corrected chi connectivity index (χ1v) is 7.67. The maximum Gasteiger partial charge on any atom is 0.407 e. The summed E-state index contributed by atoms with van der Waals surface area (Å²) in [7, 11) is 0. The normalized spacial score (nSPS) is 20.9. The minimum Gasteiger partial charge on any atom is -0.444 e. The molecule has 6 heteroatoms. The van der Waals surface area contributed by atoms with Crippen molar-refractivity contribution >= 4 is 6.09 Å². The quantitative estimate of drug-likeness (QED) is 0.732. The fraction of sp³-hybridized carbons (Fsp3) is 0.933. The standard InChI is InChI=1S/C15H29NO5/c1-12(16-14(17)21-15(2,3)4)11-18-9-10-20-13-7-5-6-8-19-13/h12-13H,5-11H2,1-4H3,(H,16,17). The van der Waals surface area contributed by atoms with E-state index in [2.05, 4.69) is 5.32 Å². The van der Waals surface area contributed by atoms with Crippen LogP contribution in [0.1, 0.15) is 47.0 Å². The summed E-state index contributed by atoms with van der Waals surface area (Å²) >= 11 is 0. The maximum absolute atomic E-state index is 11.5. The van der Waals surface area contributed by atoms with Crippen molar-refractivity contribution < 1.29 is 23.7 Å². The Bertz CT molecular complexity index is 297. The van der Waals surface area contributed by atoms with Crippen LogP contribution in [0.5, 0.6) is 0 Å². The van der Waals surface area contributed by atoms with Crippen LogP contribution in [0.15, 0.2) is 0 Å². The van der Waals surface area contributed by atoms with Gasteiger partial charge in [0.15, 0.2) is 6.29 Å². The van der Waals surface area contributed by atoms with Gasteiger partial charge in [0.05, 0.1) is 25.9 Å². The third-order valence-corrected chi connectivity index (χ3v) is 2.80. The SMILES string of the molecule is CC(COCCOC1CCCCO1)NC(=O)OC(C)(C)C. The van der Waals surface area contributed by atoms with Crippen molar-refractivity contribution in [3.05, 3.63) is 0 Å². The van der Waals surface area contributed by atoms with Gasteiger partial charge in [-0.1, -0.05) is 0 Å². The molecule has 1 amide bonds. The average molecular weight is 303 g/mol. The number of ether oxygens (including phenoxy) is 4. The molecule has 21 heavy (non-hydrogen) atoms. The molecule has 1 rings (SSSR count). The van der Waals surface area contributed by atoms with Crippen molar-refractivity contribution in [1.29, 1.82) is 0 Å². The fourth-order valence-corrected chi connectivity index (χ4v) is 1.89. The van der Waals surface area contributed by atoms with E-state index in [0.29, 0.717) is 19.8 Å². The van der Waals surface area contributed by atoms with Gasteiger partial charge in [0, 0.05) is 6.61 Å². The van der Waals surface area contributed by atoms with Gasteiger partial charge in [-0.3, -0.25) is 0 Å². The predicted molar refractivity (Wildman–Crippen MR) is 79.2 cm³/mol. The van der Waals surface area contributed by atoms with Crippen LogP contribution in [0, 0.1) is 0 Å². The minimum atomic E-state index is -0.488. The molecular weight excluding hydrogens is 274 g/mol. The molecular formula is C15H29NO5. The first-order valence-electron chi connectivity index (χ1n) is 7.67. The largest absolute Gasteiger partial charge is 0.444 e. The number of hydrogen-bond donors (Lipinski definition) is 1. The Hall–Kier alpha value is -0.850. The number of alkyl carbamates (subject to hydrolysis) is 1. The van der Waals surface area contributed by atoms with Crippen molar-refractivity contribution in [3.8, 4) is 0 Å². The number of carbonyl (C=O) groups excluding carboxylic acids is 1. The highest BCUT2D eigenvalue weighted by atomic mass is 16.7. The van der Waals surface area contributed by atoms with E-state index in [-0.39, 0.29) is 12.3 Å². The second kappa shape index (κ2) is 9.23. The van der Waals surface area contributed by atoms with E-state index in [1.807, 2.05) is 27.7 Å². The summed E-state index contributed by atoms with van der Waals surface area (Å²) in [5.41, 5.74) is -0.488. The molecule has 1 heterocycles. The van der Waals surface area contributed by atoms with E-state index in [9.17, 15) is 4.79 Å². The summed E-state index contributed by atoms with van der Waals surface area (Å²) in [4.78, 5) is 11.5. The van der Waals surface area contributed by atoms with Crippen molar-refractivity contribution in [2.45, 2.75) is 64.9 Å². The van der Waals surface area contributed by atoms with E-state index >= 15 is 0 Å². The average Bonchev–Trinajstić information content (AvgIpc) is 2.37. The first-order chi connectivity index (χ1) is 9.87. The molecule has 0 aromatic carbocycles. The highest BCUT2D eigenvalue weighted by Gasteiger charge is 2.17. The van der Waals surface area contributed by atoms with E-state index in [0.717, 1.165) is 25.9 Å². The van der Waals surface area contributed by atoms with E-state index in [1.54, 1.807) is 0 Å². The molecule has 0 aliphatic carbocycles. The second-order valence-electron chi connectivity index (χ2n) is 6.29. The molecule has 0 aromatic rings. The lowest BCUT2D eigenvalue weighted by atomic mass is 10.2. The molecule has 1 N–H and O–H groups in total. The van der Waals surface area contributed by atoms with Crippen molar-refractivity contribution in [2.75, 3.05) is 26.4 Å². The predicted octanol–water partition coefficient (Wildman–Crippen LogP) is 2.46. The molecule has 1 fully saturated rings. The topological polar surface area (TPSA) is 66.0 Å². The van der Waals surface area contributed by atoms with Gasteiger partial charge >= 0.3 is 6.09 Å². The lowest BCUT2D eigenvalue weighted by molar-refractivity contribution is -0.169. The van der Waals surface area contributed by atoms with Gasteiger partial charge < -0.3 is 24.3 Å². The summed E-state index contributed by atoms with van der Waals surface area (Å²) in [6.45, 7) is 9.56. The van der Waals surface area contributed by atoms with Crippen LogP contribution in [0.3, 0.4) is 0 Å². The highest BCUT2D eigenvalue weighted by molar-refractivity contribution is 5.68.